The highest BCUT2D eigenvalue weighted by Crippen LogP contribution is 2.08. The van der Waals surface area contributed by atoms with Gasteiger partial charge in [0.15, 0.2) is 0 Å². The Morgan fingerprint density at radius 1 is 1.45 bits per heavy atom. The molecule has 66 valence electrons. The van der Waals surface area contributed by atoms with Crippen molar-refractivity contribution in [2.45, 2.75) is 38.8 Å². The van der Waals surface area contributed by atoms with E-state index in [9.17, 15) is 0 Å². The highest BCUT2D eigenvalue weighted by Gasteiger charge is 2.16. The van der Waals surface area contributed by atoms with Crippen LogP contribution in [0, 0.1) is 0 Å². The SMILES string of the molecule is CC(C)N[C@@H]1CCCN(C)C1. The minimum atomic E-state index is 0.631. The molecule has 0 saturated carbocycles. The fraction of sp³-hybridized carbons (Fsp3) is 1.00. The molecule has 1 atom stereocenters. The standard InChI is InChI=1S/C9H20N2/c1-8(2)10-9-5-4-6-11(3)7-9/h8-10H,4-7H2,1-3H3/t9-/m1/s1. The zero-order valence-corrected chi connectivity index (χ0v) is 7.93. The largest absolute Gasteiger partial charge is 0.311 e. The minimum Gasteiger partial charge on any atom is -0.311 e. The van der Waals surface area contributed by atoms with Crippen LogP contribution in [0.1, 0.15) is 26.7 Å². The first-order chi connectivity index (χ1) is 5.18. The zero-order valence-electron chi connectivity index (χ0n) is 7.93. The van der Waals surface area contributed by atoms with E-state index < -0.39 is 0 Å². The molecule has 0 amide bonds. The first kappa shape index (κ1) is 9.01. The Hall–Kier alpha value is -0.0800. The summed E-state index contributed by atoms with van der Waals surface area (Å²) >= 11 is 0. The van der Waals surface area contributed by atoms with E-state index in [0.717, 1.165) is 6.04 Å². The number of nitrogens with zero attached hydrogens (tertiary/aromatic N) is 1. The average molecular weight is 156 g/mol. The molecule has 1 heterocycles. The van der Waals surface area contributed by atoms with Crippen LogP contribution in [0.15, 0.2) is 0 Å². The molecule has 1 aliphatic rings. The van der Waals surface area contributed by atoms with Crippen molar-refractivity contribution in [3.63, 3.8) is 0 Å². The molecular weight excluding hydrogens is 136 g/mol. The lowest BCUT2D eigenvalue weighted by atomic mass is 10.1. The predicted octanol–water partition coefficient (Wildman–Crippen LogP) is 1.08. The maximum absolute atomic E-state index is 3.57. The Labute approximate surface area is 70.0 Å². The summed E-state index contributed by atoms with van der Waals surface area (Å²) in [6.07, 6.45) is 2.70. The molecule has 0 bridgehead atoms. The van der Waals surface area contributed by atoms with Gasteiger partial charge in [0.05, 0.1) is 0 Å². The van der Waals surface area contributed by atoms with Gasteiger partial charge in [0, 0.05) is 18.6 Å². The number of likely N-dealkylation sites (tertiary alicyclic amines) is 1. The van der Waals surface area contributed by atoms with Crippen LogP contribution in [-0.2, 0) is 0 Å². The van der Waals surface area contributed by atoms with E-state index in [1.54, 1.807) is 0 Å². The summed E-state index contributed by atoms with van der Waals surface area (Å²) in [6.45, 7) is 6.93. The summed E-state index contributed by atoms with van der Waals surface area (Å²) in [5.74, 6) is 0. The van der Waals surface area contributed by atoms with Crippen LogP contribution >= 0.6 is 0 Å². The lowest BCUT2D eigenvalue weighted by Crippen LogP contribution is -2.46. The topological polar surface area (TPSA) is 15.3 Å². The number of hydrogen-bond donors (Lipinski definition) is 1. The van der Waals surface area contributed by atoms with E-state index in [1.165, 1.54) is 25.9 Å². The second kappa shape index (κ2) is 4.07. The van der Waals surface area contributed by atoms with Crippen molar-refractivity contribution in [2.75, 3.05) is 20.1 Å². The van der Waals surface area contributed by atoms with Crippen LogP contribution in [-0.4, -0.2) is 37.1 Å². The van der Waals surface area contributed by atoms with Crippen LogP contribution in [0.4, 0.5) is 0 Å². The lowest BCUT2D eigenvalue weighted by Gasteiger charge is -2.31. The van der Waals surface area contributed by atoms with Gasteiger partial charge >= 0.3 is 0 Å². The molecule has 0 spiro atoms. The van der Waals surface area contributed by atoms with Crippen molar-refractivity contribution in [3.05, 3.63) is 0 Å². The summed E-state index contributed by atoms with van der Waals surface area (Å²) in [5, 5.41) is 3.57. The van der Waals surface area contributed by atoms with Crippen molar-refractivity contribution < 1.29 is 0 Å². The van der Waals surface area contributed by atoms with E-state index >= 15 is 0 Å². The molecule has 11 heavy (non-hydrogen) atoms. The molecule has 0 unspecified atom stereocenters. The number of likely N-dealkylation sites (N-methyl/N-ethyl adjacent to an activating group) is 1. The van der Waals surface area contributed by atoms with E-state index in [0.29, 0.717) is 6.04 Å². The molecule has 2 heteroatoms. The predicted molar refractivity (Wildman–Crippen MR) is 48.8 cm³/mol. The van der Waals surface area contributed by atoms with Crippen LogP contribution in [0.2, 0.25) is 0 Å². The molecule has 0 aromatic rings. The summed E-state index contributed by atoms with van der Waals surface area (Å²) in [6, 6.07) is 1.36. The Kier molecular flexibility index (Phi) is 3.34. The third-order valence-electron chi connectivity index (χ3n) is 2.19. The van der Waals surface area contributed by atoms with Crippen LogP contribution in [0.25, 0.3) is 0 Å². The van der Waals surface area contributed by atoms with Crippen LogP contribution in [0.3, 0.4) is 0 Å². The van der Waals surface area contributed by atoms with Gasteiger partial charge in [-0.25, -0.2) is 0 Å². The number of hydrogen-bond acceptors (Lipinski definition) is 2. The normalized spacial score (nSPS) is 27.8. The van der Waals surface area contributed by atoms with Crippen molar-refractivity contribution in [1.82, 2.24) is 10.2 Å². The van der Waals surface area contributed by atoms with Gasteiger partial charge in [-0.05, 0) is 26.4 Å². The van der Waals surface area contributed by atoms with Crippen molar-refractivity contribution in [3.8, 4) is 0 Å². The van der Waals surface area contributed by atoms with Gasteiger partial charge in [0.25, 0.3) is 0 Å². The number of nitrogens with one attached hydrogen (secondary N) is 1. The molecule has 0 aliphatic carbocycles. The fourth-order valence-electron chi connectivity index (χ4n) is 1.77. The number of piperidine rings is 1. The second-order valence-electron chi connectivity index (χ2n) is 3.92. The molecule has 0 radical (unpaired) electrons. The van der Waals surface area contributed by atoms with Gasteiger partial charge in [-0.3, -0.25) is 0 Å². The van der Waals surface area contributed by atoms with Gasteiger partial charge in [-0.1, -0.05) is 13.8 Å². The first-order valence-corrected chi connectivity index (χ1v) is 4.63. The van der Waals surface area contributed by atoms with E-state index in [-0.39, 0.29) is 0 Å². The maximum atomic E-state index is 3.57. The molecule has 1 saturated heterocycles. The van der Waals surface area contributed by atoms with Crippen LogP contribution in [0.5, 0.6) is 0 Å². The Morgan fingerprint density at radius 3 is 2.73 bits per heavy atom. The summed E-state index contributed by atoms with van der Waals surface area (Å²) < 4.78 is 0. The fourth-order valence-corrected chi connectivity index (χ4v) is 1.77. The van der Waals surface area contributed by atoms with Crippen molar-refractivity contribution in [1.29, 1.82) is 0 Å². The van der Waals surface area contributed by atoms with Gasteiger partial charge in [0.2, 0.25) is 0 Å². The third-order valence-corrected chi connectivity index (χ3v) is 2.19. The van der Waals surface area contributed by atoms with Gasteiger partial charge < -0.3 is 10.2 Å². The monoisotopic (exact) mass is 156 g/mol. The molecule has 0 aromatic heterocycles. The first-order valence-electron chi connectivity index (χ1n) is 4.63. The molecule has 1 rings (SSSR count). The minimum absolute atomic E-state index is 0.631. The Balaban J connectivity index is 2.23. The summed E-state index contributed by atoms with van der Waals surface area (Å²) in [4.78, 5) is 2.41. The number of rotatable bonds is 2. The average Bonchev–Trinajstić information content (AvgIpc) is 1.85. The maximum Gasteiger partial charge on any atom is 0.0197 e. The highest BCUT2D eigenvalue weighted by molar-refractivity contribution is 4.77. The Morgan fingerprint density at radius 2 is 2.18 bits per heavy atom. The van der Waals surface area contributed by atoms with Gasteiger partial charge in [-0.15, -0.1) is 0 Å². The van der Waals surface area contributed by atoms with Crippen molar-refractivity contribution in [2.24, 2.45) is 0 Å². The lowest BCUT2D eigenvalue weighted by molar-refractivity contribution is 0.220. The van der Waals surface area contributed by atoms with E-state index in [2.05, 4.69) is 31.1 Å². The van der Waals surface area contributed by atoms with E-state index in [4.69, 9.17) is 0 Å². The van der Waals surface area contributed by atoms with Crippen molar-refractivity contribution >= 4 is 0 Å². The second-order valence-corrected chi connectivity index (χ2v) is 3.92. The highest BCUT2D eigenvalue weighted by atomic mass is 15.1. The Bertz CT molecular complexity index is 110. The van der Waals surface area contributed by atoms with Gasteiger partial charge in [0.1, 0.15) is 0 Å². The summed E-state index contributed by atoms with van der Waals surface area (Å²) in [5.41, 5.74) is 0. The quantitative estimate of drug-likeness (QED) is 0.643. The molecular formula is C9H20N2. The molecule has 0 aromatic carbocycles. The molecule has 1 N–H and O–H groups in total. The van der Waals surface area contributed by atoms with Crippen LogP contribution < -0.4 is 5.32 Å². The zero-order chi connectivity index (χ0) is 8.27. The molecule has 2 nitrogen and oxygen atoms in total. The summed E-state index contributed by atoms with van der Waals surface area (Å²) in [7, 11) is 2.20. The smallest absolute Gasteiger partial charge is 0.0197 e. The molecule has 1 fully saturated rings. The third kappa shape index (κ3) is 3.21. The van der Waals surface area contributed by atoms with Gasteiger partial charge in [-0.2, -0.15) is 0 Å². The molecule has 1 aliphatic heterocycles. The van der Waals surface area contributed by atoms with E-state index in [1.807, 2.05) is 0 Å².